The molecule has 0 aromatic heterocycles. The molecule has 0 saturated heterocycles. The van der Waals surface area contributed by atoms with Crippen LogP contribution in [0.4, 0.5) is 0 Å². The monoisotopic (exact) mass is 456 g/mol. The minimum absolute atomic E-state index is 0.333. The molecular formula is C31H52O2. The highest BCUT2D eigenvalue weighted by Gasteiger charge is 2.70. The maximum atomic E-state index is 12.4. The van der Waals surface area contributed by atoms with Crippen LogP contribution in [-0.2, 0) is 4.79 Å². The molecule has 2 nitrogen and oxygen atoms in total. The molecule has 33 heavy (non-hydrogen) atoms. The van der Waals surface area contributed by atoms with Crippen molar-refractivity contribution in [3.8, 4) is 0 Å². The molecule has 5 saturated carbocycles. The number of aliphatic carboxylic acids is 1. The molecule has 0 spiro atoms. The van der Waals surface area contributed by atoms with E-state index in [0.717, 1.165) is 37.5 Å². The maximum Gasteiger partial charge on any atom is 0.309 e. The fraction of sp³-hybridized carbons (Fsp3) is 0.903. The van der Waals surface area contributed by atoms with Crippen molar-refractivity contribution in [2.45, 2.75) is 126 Å². The van der Waals surface area contributed by atoms with Gasteiger partial charge in [0.05, 0.1) is 5.41 Å². The fourth-order valence-corrected chi connectivity index (χ4v) is 11.0. The van der Waals surface area contributed by atoms with Crippen molar-refractivity contribution in [2.24, 2.45) is 50.7 Å². The topological polar surface area (TPSA) is 37.3 Å². The number of fused-ring (bicyclic) bond motifs is 7. The summed E-state index contributed by atoms with van der Waals surface area (Å²) in [5.41, 5.74) is 2.48. The van der Waals surface area contributed by atoms with Crippen molar-refractivity contribution in [3.05, 3.63) is 12.2 Å². The van der Waals surface area contributed by atoms with E-state index in [2.05, 4.69) is 41.2 Å². The average molecular weight is 457 g/mol. The first-order valence-corrected chi connectivity index (χ1v) is 14.1. The Morgan fingerprint density at radius 1 is 0.727 bits per heavy atom. The third-order valence-electron chi connectivity index (χ3n) is 12.5. The van der Waals surface area contributed by atoms with E-state index in [-0.39, 0.29) is 5.41 Å². The first kappa shape index (κ1) is 25.3. The predicted octanol–water partition coefficient (Wildman–Crippen LogP) is 8.90. The maximum absolute atomic E-state index is 12.4. The van der Waals surface area contributed by atoms with E-state index in [4.69, 9.17) is 0 Å². The van der Waals surface area contributed by atoms with Gasteiger partial charge in [-0.15, -0.1) is 6.58 Å². The zero-order valence-corrected chi connectivity index (χ0v) is 22.9. The molecule has 8 atom stereocenters. The van der Waals surface area contributed by atoms with E-state index in [1.165, 1.54) is 56.9 Å². The van der Waals surface area contributed by atoms with E-state index < -0.39 is 5.97 Å². The van der Waals surface area contributed by atoms with Crippen LogP contribution in [-0.4, -0.2) is 11.1 Å². The van der Waals surface area contributed by atoms with Gasteiger partial charge in [0.2, 0.25) is 0 Å². The summed E-state index contributed by atoms with van der Waals surface area (Å²) in [4.78, 5) is 12.4. The number of allylic oxidation sites excluding steroid dienone is 1. The second kappa shape index (κ2) is 8.12. The molecule has 0 bridgehead atoms. The Kier molecular flexibility index (Phi) is 6.23. The lowest BCUT2D eigenvalue weighted by atomic mass is 9.32. The van der Waals surface area contributed by atoms with Crippen molar-refractivity contribution in [1.82, 2.24) is 0 Å². The molecule has 5 fully saturated rings. The van der Waals surface area contributed by atoms with Crippen molar-refractivity contribution in [1.29, 1.82) is 0 Å². The molecule has 5 aliphatic rings. The van der Waals surface area contributed by atoms with Crippen LogP contribution >= 0.6 is 0 Å². The first-order chi connectivity index (χ1) is 15.2. The highest BCUT2D eigenvalue weighted by molar-refractivity contribution is 5.76. The number of carbonyl (C=O) groups is 1. The number of hydrogen-bond acceptors (Lipinski definition) is 1. The summed E-state index contributed by atoms with van der Waals surface area (Å²) in [6.07, 6.45) is 15.0. The Balaban J connectivity index is 0.000000601. The minimum Gasteiger partial charge on any atom is -0.481 e. The Labute approximate surface area is 204 Å². The van der Waals surface area contributed by atoms with Gasteiger partial charge in [-0.05, 0) is 123 Å². The Morgan fingerprint density at radius 2 is 1.39 bits per heavy atom. The molecule has 188 valence electrons. The van der Waals surface area contributed by atoms with Gasteiger partial charge in [-0.1, -0.05) is 53.0 Å². The minimum atomic E-state index is -0.473. The molecule has 0 amide bonds. The van der Waals surface area contributed by atoms with Crippen LogP contribution in [0.3, 0.4) is 0 Å². The molecule has 0 aromatic rings. The molecule has 0 radical (unpaired) electrons. The smallest absolute Gasteiger partial charge is 0.309 e. The van der Waals surface area contributed by atoms with Crippen molar-refractivity contribution >= 4 is 5.97 Å². The Hall–Kier alpha value is -0.790. The molecule has 0 heterocycles. The molecule has 5 aliphatic carbocycles. The third-order valence-corrected chi connectivity index (χ3v) is 12.5. The van der Waals surface area contributed by atoms with Crippen molar-refractivity contribution in [3.63, 3.8) is 0 Å². The summed E-state index contributed by atoms with van der Waals surface area (Å²) in [5, 5.41) is 10.2. The van der Waals surface area contributed by atoms with Gasteiger partial charge in [0.1, 0.15) is 0 Å². The number of rotatable bonds is 1. The van der Waals surface area contributed by atoms with Crippen molar-refractivity contribution in [2.75, 3.05) is 0 Å². The number of carboxylic acid groups (broad SMARTS) is 1. The standard InChI is InChI=1S/C27H44O2.C4H8/c1-23(2)12-7-13-24(3)20(23)11-15-26(5)21(24)10-9-18-19-8-6-14-27(19,22(28)29)17-16-25(18,26)4;1-4(2)3/h18-21H,6-17H2,1-5H3,(H,28,29);1H2,2-3H3/t18?,19-,20+,21?,24?,25-,26?,27?;/m1./s1. The zero-order valence-electron chi connectivity index (χ0n) is 22.9. The van der Waals surface area contributed by atoms with Gasteiger partial charge in [-0.2, -0.15) is 0 Å². The summed E-state index contributed by atoms with van der Waals surface area (Å²) >= 11 is 0. The zero-order chi connectivity index (χ0) is 24.4. The van der Waals surface area contributed by atoms with Gasteiger partial charge in [-0.3, -0.25) is 4.79 Å². The van der Waals surface area contributed by atoms with Crippen LogP contribution < -0.4 is 0 Å². The van der Waals surface area contributed by atoms with Crippen LogP contribution in [0.2, 0.25) is 0 Å². The van der Waals surface area contributed by atoms with Crippen LogP contribution in [0.1, 0.15) is 126 Å². The first-order valence-electron chi connectivity index (χ1n) is 14.1. The van der Waals surface area contributed by atoms with Gasteiger partial charge < -0.3 is 5.11 Å². The largest absolute Gasteiger partial charge is 0.481 e. The van der Waals surface area contributed by atoms with Crippen LogP contribution in [0, 0.1) is 50.7 Å². The Morgan fingerprint density at radius 3 is 2.03 bits per heavy atom. The molecule has 2 heteroatoms. The molecule has 5 rings (SSSR count). The normalized spacial score (nSPS) is 49.9. The summed E-state index contributed by atoms with van der Waals surface area (Å²) in [5.74, 6) is 2.29. The SMILES string of the molecule is C=C(C)C.CC1(C)CCCC2(C)C3CCC4[C@H]5CCCC5(C(=O)O)CC[C@@]4(C)C3(C)CC[C@@H]12. The van der Waals surface area contributed by atoms with E-state index in [9.17, 15) is 9.90 Å². The summed E-state index contributed by atoms with van der Waals surface area (Å²) in [7, 11) is 0. The van der Waals surface area contributed by atoms with Gasteiger partial charge >= 0.3 is 5.97 Å². The number of carboxylic acids is 1. The van der Waals surface area contributed by atoms with Crippen LogP contribution in [0.15, 0.2) is 12.2 Å². The van der Waals surface area contributed by atoms with E-state index in [1.54, 1.807) is 0 Å². The Bertz CT molecular complexity index is 793. The van der Waals surface area contributed by atoms with Crippen molar-refractivity contribution < 1.29 is 9.90 Å². The lowest BCUT2D eigenvalue weighted by Crippen LogP contribution is -2.65. The highest BCUT2D eigenvalue weighted by Crippen LogP contribution is 2.76. The average Bonchev–Trinajstić information content (AvgIpc) is 3.13. The van der Waals surface area contributed by atoms with E-state index in [1.807, 2.05) is 13.8 Å². The molecule has 5 unspecified atom stereocenters. The van der Waals surface area contributed by atoms with Crippen LogP contribution in [0.25, 0.3) is 0 Å². The molecule has 1 N–H and O–H groups in total. The predicted molar refractivity (Wildman–Crippen MR) is 138 cm³/mol. The second-order valence-corrected chi connectivity index (χ2v) is 14.7. The summed E-state index contributed by atoms with van der Waals surface area (Å²) in [6, 6.07) is 0. The van der Waals surface area contributed by atoms with Gasteiger partial charge in [0, 0.05) is 0 Å². The highest BCUT2D eigenvalue weighted by atomic mass is 16.4. The molecule has 0 aliphatic heterocycles. The number of hydrogen-bond donors (Lipinski definition) is 1. The molecular weight excluding hydrogens is 404 g/mol. The summed E-state index contributed by atoms with van der Waals surface area (Å²) in [6.45, 7) is 20.5. The quantitative estimate of drug-likeness (QED) is 0.400. The summed E-state index contributed by atoms with van der Waals surface area (Å²) < 4.78 is 0. The van der Waals surface area contributed by atoms with Gasteiger partial charge in [-0.25, -0.2) is 0 Å². The fourth-order valence-electron chi connectivity index (χ4n) is 11.0. The lowest BCUT2D eigenvalue weighted by molar-refractivity contribution is -0.235. The second-order valence-electron chi connectivity index (χ2n) is 14.7. The third kappa shape index (κ3) is 3.50. The molecule has 0 aromatic carbocycles. The van der Waals surface area contributed by atoms with Gasteiger partial charge in [0.15, 0.2) is 0 Å². The van der Waals surface area contributed by atoms with E-state index in [0.29, 0.717) is 33.5 Å². The lowest BCUT2D eigenvalue weighted by Gasteiger charge is -2.72. The van der Waals surface area contributed by atoms with Crippen LogP contribution in [0.5, 0.6) is 0 Å². The van der Waals surface area contributed by atoms with E-state index >= 15 is 0 Å². The van der Waals surface area contributed by atoms with Gasteiger partial charge in [0.25, 0.3) is 0 Å².